The Morgan fingerprint density at radius 3 is 2.56 bits per heavy atom. The molecule has 0 aliphatic carbocycles. The predicted molar refractivity (Wildman–Crippen MR) is 145 cm³/mol. The molecule has 218 valence electrons. The van der Waals surface area contributed by atoms with Crippen LogP contribution in [0.3, 0.4) is 0 Å². The third-order valence-electron chi connectivity index (χ3n) is 7.51. The summed E-state index contributed by atoms with van der Waals surface area (Å²) < 4.78 is 55.9. The van der Waals surface area contributed by atoms with Gasteiger partial charge in [-0.3, -0.25) is 0 Å². The standard InChI is InChI=1S/C31H33FO9/c1-18-11-12-22(32)25(39-28(33)19-9-7-6-8-10-19)26-27-31(41-27,30(2,3)40-26)14-13-20-15-21(36-5)16-23(37-17-35-4)24(20)29(34)38-18/h6-10,12-16,18,25-27H,11,17H2,1-5H3/b14-13?,22-12+/t18-,25?,26+,27+,31?/m0/s1. The Kier molecular flexibility index (Phi) is 7.91. The quantitative estimate of drug-likeness (QED) is 0.270. The summed E-state index contributed by atoms with van der Waals surface area (Å²) in [6, 6.07) is 11.6. The van der Waals surface area contributed by atoms with Crippen molar-refractivity contribution in [2.75, 3.05) is 21.0 Å². The van der Waals surface area contributed by atoms with Gasteiger partial charge in [0.25, 0.3) is 0 Å². The molecule has 0 N–H and O–H groups in total. The Balaban J connectivity index is 1.57. The summed E-state index contributed by atoms with van der Waals surface area (Å²) in [4.78, 5) is 26.4. The lowest BCUT2D eigenvalue weighted by Gasteiger charge is -2.30. The van der Waals surface area contributed by atoms with Crippen molar-refractivity contribution in [3.63, 3.8) is 0 Å². The van der Waals surface area contributed by atoms with Crippen LogP contribution in [0.25, 0.3) is 6.08 Å². The van der Waals surface area contributed by atoms with Gasteiger partial charge < -0.3 is 33.2 Å². The fourth-order valence-corrected chi connectivity index (χ4v) is 5.27. The first-order chi connectivity index (χ1) is 19.6. The maximum absolute atomic E-state index is 15.8. The molecule has 0 aromatic heterocycles. The smallest absolute Gasteiger partial charge is 0.342 e. The van der Waals surface area contributed by atoms with Crippen LogP contribution in [-0.4, -0.2) is 68.6 Å². The molecule has 41 heavy (non-hydrogen) atoms. The molecule has 0 spiro atoms. The third kappa shape index (κ3) is 5.47. The molecule has 0 amide bonds. The van der Waals surface area contributed by atoms with E-state index in [0.717, 1.165) is 0 Å². The van der Waals surface area contributed by atoms with Crippen molar-refractivity contribution in [3.8, 4) is 11.5 Å². The predicted octanol–water partition coefficient (Wildman–Crippen LogP) is 5.03. The zero-order valence-corrected chi connectivity index (χ0v) is 23.5. The van der Waals surface area contributed by atoms with Crippen LogP contribution < -0.4 is 9.47 Å². The van der Waals surface area contributed by atoms with E-state index in [1.54, 1.807) is 61.5 Å². The lowest BCUT2D eigenvalue weighted by molar-refractivity contribution is -0.132. The molecule has 9 nitrogen and oxygen atoms in total. The maximum Gasteiger partial charge on any atom is 0.342 e. The number of fused-ring (bicyclic) bond motifs is 1. The molecule has 3 heterocycles. The number of epoxide rings is 1. The summed E-state index contributed by atoms with van der Waals surface area (Å²) in [7, 11) is 2.97. The Hall–Kier alpha value is -3.73. The van der Waals surface area contributed by atoms with Gasteiger partial charge in [0.2, 0.25) is 0 Å². The van der Waals surface area contributed by atoms with E-state index >= 15 is 4.39 Å². The van der Waals surface area contributed by atoms with E-state index in [4.69, 9.17) is 33.2 Å². The molecule has 2 unspecified atom stereocenters. The van der Waals surface area contributed by atoms with E-state index in [2.05, 4.69) is 0 Å². The SMILES string of the molecule is COCOc1cc(OC)cc2c1C(=O)O[C@@H](C)C/C=C(/F)C(OC(=O)c1ccccc1)[C@H]1OC(C)(C)C3(C=C2)O[C@H]13. The number of carbonyl (C=O) groups is 2. The van der Waals surface area contributed by atoms with Crippen molar-refractivity contribution in [2.45, 2.75) is 62.8 Å². The molecule has 2 aromatic rings. The number of methoxy groups -OCH3 is 2. The monoisotopic (exact) mass is 568 g/mol. The molecule has 0 radical (unpaired) electrons. The average molecular weight is 569 g/mol. The molecule has 2 saturated heterocycles. The van der Waals surface area contributed by atoms with Crippen molar-refractivity contribution in [1.82, 2.24) is 0 Å². The van der Waals surface area contributed by atoms with Gasteiger partial charge >= 0.3 is 11.9 Å². The van der Waals surface area contributed by atoms with Gasteiger partial charge in [-0.1, -0.05) is 24.3 Å². The molecule has 2 fully saturated rings. The summed E-state index contributed by atoms with van der Waals surface area (Å²) in [6.07, 6.45) is 1.09. The number of halogens is 1. The molecule has 10 heteroatoms. The van der Waals surface area contributed by atoms with Crippen LogP contribution in [0.5, 0.6) is 11.5 Å². The minimum atomic E-state index is -1.38. The van der Waals surface area contributed by atoms with Crippen LogP contribution in [0, 0.1) is 0 Å². The highest BCUT2D eigenvalue weighted by Crippen LogP contribution is 2.58. The Morgan fingerprint density at radius 2 is 1.88 bits per heavy atom. The molecular weight excluding hydrogens is 535 g/mol. The van der Waals surface area contributed by atoms with Gasteiger partial charge in [0.05, 0.1) is 18.3 Å². The zero-order chi connectivity index (χ0) is 29.4. The fourth-order valence-electron chi connectivity index (χ4n) is 5.27. The number of benzene rings is 2. The van der Waals surface area contributed by atoms with Crippen molar-refractivity contribution in [2.24, 2.45) is 0 Å². The van der Waals surface area contributed by atoms with Gasteiger partial charge in [0.15, 0.2) is 12.9 Å². The lowest BCUT2D eigenvalue weighted by atomic mass is 9.87. The molecule has 3 aliphatic rings. The molecule has 0 saturated carbocycles. The summed E-state index contributed by atoms with van der Waals surface area (Å²) in [5.74, 6) is -1.44. The van der Waals surface area contributed by atoms with Crippen LogP contribution in [0.2, 0.25) is 0 Å². The maximum atomic E-state index is 15.8. The molecule has 5 rings (SSSR count). The Bertz CT molecular complexity index is 1370. The number of ether oxygens (including phenoxy) is 7. The fraction of sp³-hybridized carbons (Fsp3) is 0.419. The summed E-state index contributed by atoms with van der Waals surface area (Å²) >= 11 is 0. The van der Waals surface area contributed by atoms with E-state index in [9.17, 15) is 9.59 Å². The second-order valence-electron chi connectivity index (χ2n) is 10.6. The molecule has 2 bridgehead atoms. The van der Waals surface area contributed by atoms with Crippen LogP contribution >= 0.6 is 0 Å². The van der Waals surface area contributed by atoms with Gasteiger partial charge in [0, 0.05) is 19.6 Å². The van der Waals surface area contributed by atoms with Crippen LogP contribution in [0.1, 0.15) is 53.5 Å². The molecular formula is C31H33FO9. The minimum absolute atomic E-state index is 0.0132. The van der Waals surface area contributed by atoms with E-state index < -0.39 is 53.4 Å². The largest absolute Gasteiger partial charge is 0.497 e. The number of carbonyl (C=O) groups excluding carboxylic acids is 2. The van der Waals surface area contributed by atoms with E-state index in [0.29, 0.717) is 11.3 Å². The summed E-state index contributed by atoms with van der Waals surface area (Å²) in [5.41, 5.74) is -1.02. The van der Waals surface area contributed by atoms with Crippen molar-refractivity contribution in [3.05, 3.63) is 77.1 Å². The topological polar surface area (TPSA) is 102 Å². The first kappa shape index (κ1) is 28.8. The van der Waals surface area contributed by atoms with Gasteiger partial charge in [-0.2, -0.15) is 0 Å². The van der Waals surface area contributed by atoms with Crippen LogP contribution in [-0.2, 0) is 23.7 Å². The van der Waals surface area contributed by atoms with Gasteiger partial charge in [-0.25, -0.2) is 14.0 Å². The highest BCUT2D eigenvalue weighted by atomic mass is 19.1. The Morgan fingerprint density at radius 1 is 1.12 bits per heavy atom. The number of cyclic esters (lactones) is 1. The van der Waals surface area contributed by atoms with Gasteiger partial charge in [-0.15, -0.1) is 0 Å². The van der Waals surface area contributed by atoms with Crippen LogP contribution in [0.15, 0.2) is 60.4 Å². The molecule has 3 aliphatic heterocycles. The second kappa shape index (κ2) is 11.3. The number of rotatable bonds is 6. The van der Waals surface area contributed by atoms with Crippen molar-refractivity contribution in [1.29, 1.82) is 0 Å². The lowest BCUT2D eigenvalue weighted by Crippen LogP contribution is -2.40. The van der Waals surface area contributed by atoms with Crippen molar-refractivity contribution >= 4 is 18.0 Å². The molecule has 5 atom stereocenters. The van der Waals surface area contributed by atoms with Crippen molar-refractivity contribution < 1.29 is 47.1 Å². The zero-order valence-electron chi connectivity index (χ0n) is 23.5. The van der Waals surface area contributed by atoms with E-state index in [-0.39, 0.29) is 30.1 Å². The van der Waals surface area contributed by atoms with Gasteiger partial charge in [-0.05, 0) is 56.7 Å². The summed E-state index contributed by atoms with van der Waals surface area (Å²) in [5, 5.41) is 0. The van der Waals surface area contributed by atoms with E-state index in [1.807, 2.05) is 13.8 Å². The average Bonchev–Trinajstić information content (AvgIpc) is 3.66. The first-order valence-electron chi connectivity index (χ1n) is 13.3. The Labute approximate surface area is 237 Å². The highest BCUT2D eigenvalue weighted by molar-refractivity contribution is 5.97. The number of hydrogen-bond acceptors (Lipinski definition) is 9. The second-order valence-corrected chi connectivity index (χ2v) is 10.6. The normalized spacial score (nSPS) is 29.6. The molecule has 2 aromatic carbocycles. The number of hydrogen-bond donors (Lipinski definition) is 0. The summed E-state index contributed by atoms with van der Waals surface area (Å²) in [6.45, 7) is 5.17. The number of esters is 2. The van der Waals surface area contributed by atoms with Gasteiger partial charge in [0.1, 0.15) is 46.8 Å². The van der Waals surface area contributed by atoms with Crippen LogP contribution in [0.4, 0.5) is 4.39 Å². The first-order valence-corrected chi connectivity index (χ1v) is 13.3. The highest BCUT2D eigenvalue weighted by Gasteiger charge is 2.75. The minimum Gasteiger partial charge on any atom is -0.497 e. The third-order valence-corrected chi connectivity index (χ3v) is 7.51. The van der Waals surface area contributed by atoms with E-state index in [1.165, 1.54) is 20.3 Å².